The first kappa shape index (κ1) is 12.0. The minimum absolute atomic E-state index is 0.0722. The molecule has 0 N–H and O–H groups in total. The van der Waals surface area contributed by atoms with E-state index in [0.29, 0.717) is 5.92 Å². The zero-order chi connectivity index (χ0) is 13.9. The highest BCUT2D eigenvalue weighted by Crippen LogP contribution is 2.66. The highest BCUT2D eigenvalue weighted by molar-refractivity contribution is 5.95. The van der Waals surface area contributed by atoms with Gasteiger partial charge in [0.2, 0.25) is 0 Å². The summed E-state index contributed by atoms with van der Waals surface area (Å²) in [6, 6.07) is 10.6. The molecule has 2 nitrogen and oxygen atoms in total. The predicted octanol–water partition coefficient (Wildman–Crippen LogP) is 3.39. The molecule has 20 heavy (non-hydrogen) atoms. The van der Waals surface area contributed by atoms with Gasteiger partial charge in [-0.3, -0.25) is 4.79 Å². The summed E-state index contributed by atoms with van der Waals surface area (Å²) in [4.78, 5) is 12.0. The monoisotopic (exact) mass is 266 g/mol. The Hall–Kier alpha value is -1.83. The van der Waals surface area contributed by atoms with E-state index in [1.165, 1.54) is 5.56 Å². The molecule has 0 aromatic heterocycles. The van der Waals surface area contributed by atoms with Gasteiger partial charge in [0.25, 0.3) is 0 Å². The summed E-state index contributed by atoms with van der Waals surface area (Å²) in [5.74, 6) is 1.70. The fraction of sp³-hybridized carbons (Fsp3) is 0.389. The zero-order valence-corrected chi connectivity index (χ0v) is 11.8. The molecule has 2 heteroatoms. The SMILES string of the molecule is CC(=O)C1=C(C)O[C@H]2C=C[C@@H]1[C@@H]1C[C@]21c1ccccc1. The average Bonchev–Trinajstić information content (AvgIpc) is 3.20. The summed E-state index contributed by atoms with van der Waals surface area (Å²) >= 11 is 0. The molecule has 0 saturated heterocycles. The zero-order valence-electron chi connectivity index (χ0n) is 11.8. The Morgan fingerprint density at radius 2 is 2.00 bits per heavy atom. The maximum absolute atomic E-state index is 12.0. The molecule has 4 aliphatic rings. The fourth-order valence-corrected chi connectivity index (χ4v) is 4.26. The summed E-state index contributed by atoms with van der Waals surface area (Å²) in [7, 11) is 0. The van der Waals surface area contributed by atoms with E-state index in [1.807, 2.05) is 13.0 Å². The van der Waals surface area contributed by atoms with Gasteiger partial charge < -0.3 is 4.74 Å². The van der Waals surface area contributed by atoms with Crippen LogP contribution in [0.15, 0.2) is 53.8 Å². The Labute approximate surface area is 119 Å². The van der Waals surface area contributed by atoms with E-state index in [1.54, 1.807) is 6.92 Å². The van der Waals surface area contributed by atoms with Crippen molar-refractivity contribution in [3.05, 3.63) is 59.4 Å². The molecule has 2 aliphatic heterocycles. The van der Waals surface area contributed by atoms with E-state index < -0.39 is 0 Å². The second-order valence-electron chi connectivity index (χ2n) is 6.19. The first-order valence-corrected chi connectivity index (χ1v) is 7.27. The number of ketones is 1. The van der Waals surface area contributed by atoms with E-state index in [9.17, 15) is 4.79 Å². The second kappa shape index (κ2) is 3.85. The van der Waals surface area contributed by atoms with E-state index in [0.717, 1.165) is 17.8 Å². The number of rotatable bonds is 2. The number of ether oxygens (including phenoxy) is 1. The standard InChI is InChI=1S/C18H18O2/c1-11(19)17-12(2)20-16-9-8-14(17)15-10-18(15,16)13-6-4-3-5-7-13/h3-9,14-16H,10H2,1-2H3/t14-,15+,16+,18-/m1/s1. The third-order valence-electron chi connectivity index (χ3n) is 5.20. The van der Waals surface area contributed by atoms with Crippen LogP contribution in [0.5, 0.6) is 0 Å². The van der Waals surface area contributed by atoms with Crippen molar-refractivity contribution in [2.45, 2.75) is 31.8 Å². The third kappa shape index (κ3) is 1.37. The lowest BCUT2D eigenvalue weighted by Crippen LogP contribution is -2.31. The molecule has 2 heterocycles. The van der Waals surface area contributed by atoms with Crippen LogP contribution < -0.4 is 0 Å². The van der Waals surface area contributed by atoms with Crippen LogP contribution in [0.25, 0.3) is 0 Å². The van der Waals surface area contributed by atoms with Crippen molar-refractivity contribution in [3.63, 3.8) is 0 Å². The topological polar surface area (TPSA) is 26.3 Å². The number of Topliss-reactive ketones (excluding diaryl/α,β-unsaturated/α-hetero) is 1. The van der Waals surface area contributed by atoms with Crippen molar-refractivity contribution in [2.24, 2.45) is 11.8 Å². The molecule has 1 aromatic carbocycles. The lowest BCUT2D eigenvalue weighted by atomic mass is 9.77. The molecule has 2 aliphatic carbocycles. The summed E-state index contributed by atoms with van der Waals surface area (Å²) < 4.78 is 6.16. The molecule has 4 atom stereocenters. The van der Waals surface area contributed by atoms with Crippen LogP contribution in [-0.2, 0) is 14.9 Å². The molecular weight excluding hydrogens is 248 g/mol. The van der Waals surface area contributed by atoms with Gasteiger partial charge in [0.1, 0.15) is 11.9 Å². The van der Waals surface area contributed by atoms with Crippen molar-refractivity contribution in [2.75, 3.05) is 0 Å². The van der Waals surface area contributed by atoms with Gasteiger partial charge >= 0.3 is 0 Å². The Bertz CT molecular complexity index is 641. The van der Waals surface area contributed by atoms with Crippen LogP contribution in [0.4, 0.5) is 0 Å². The van der Waals surface area contributed by atoms with Gasteiger partial charge in [-0.15, -0.1) is 0 Å². The maximum atomic E-state index is 12.0. The van der Waals surface area contributed by atoms with Gasteiger partial charge in [-0.25, -0.2) is 0 Å². The van der Waals surface area contributed by atoms with Crippen LogP contribution in [0.2, 0.25) is 0 Å². The molecule has 0 amide bonds. The van der Waals surface area contributed by atoms with Crippen molar-refractivity contribution < 1.29 is 9.53 Å². The average molecular weight is 266 g/mol. The highest BCUT2D eigenvalue weighted by Gasteiger charge is 2.66. The molecule has 1 saturated carbocycles. The number of carbonyl (C=O) groups is 1. The summed E-state index contributed by atoms with van der Waals surface area (Å²) in [6.45, 7) is 3.59. The van der Waals surface area contributed by atoms with Crippen molar-refractivity contribution in [1.29, 1.82) is 0 Å². The number of hydrogen-bond acceptors (Lipinski definition) is 2. The highest BCUT2D eigenvalue weighted by atomic mass is 16.5. The van der Waals surface area contributed by atoms with Crippen LogP contribution in [-0.4, -0.2) is 11.9 Å². The summed E-state index contributed by atoms with van der Waals surface area (Å²) in [5.41, 5.74) is 2.31. The van der Waals surface area contributed by atoms with Gasteiger partial charge in [0.15, 0.2) is 5.78 Å². The van der Waals surface area contributed by atoms with E-state index in [4.69, 9.17) is 4.74 Å². The van der Waals surface area contributed by atoms with Gasteiger partial charge in [0.05, 0.1) is 0 Å². The first-order valence-electron chi connectivity index (χ1n) is 7.27. The lowest BCUT2D eigenvalue weighted by molar-refractivity contribution is -0.114. The van der Waals surface area contributed by atoms with Crippen LogP contribution in [0.3, 0.4) is 0 Å². The molecule has 0 unspecified atom stereocenters. The van der Waals surface area contributed by atoms with Crippen molar-refractivity contribution >= 4 is 5.78 Å². The molecule has 5 rings (SSSR count). The Kier molecular flexibility index (Phi) is 2.30. The predicted molar refractivity (Wildman–Crippen MR) is 77.1 cm³/mol. The minimum Gasteiger partial charge on any atom is -0.490 e. The maximum Gasteiger partial charge on any atom is 0.159 e. The number of benzene rings is 1. The first-order chi connectivity index (χ1) is 9.64. The van der Waals surface area contributed by atoms with Crippen LogP contribution in [0, 0.1) is 11.8 Å². The Morgan fingerprint density at radius 3 is 2.70 bits per heavy atom. The number of fused-ring (bicyclic) bond motifs is 1. The normalized spacial score (nSPS) is 37.2. The van der Waals surface area contributed by atoms with E-state index in [2.05, 4.69) is 36.4 Å². The van der Waals surface area contributed by atoms with Gasteiger partial charge in [-0.1, -0.05) is 36.4 Å². The molecule has 102 valence electrons. The van der Waals surface area contributed by atoms with Gasteiger partial charge in [0, 0.05) is 16.9 Å². The van der Waals surface area contributed by atoms with E-state index in [-0.39, 0.29) is 23.2 Å². The van der Waals surface area contributed by atoms with Crippen LogP contribution >= 0.6 is 0 Å². The molecule has 1 aromatic rings. The van der Waals surface area contributed by atoms with Crippen LogP contribution in [0.1, 0.15) is 25.8 Å². The molecule has 0 radical (unpaired) electrons. The largest absolute Gasteiger partial charge is 0.490 e. The fourth-order valence-electron chi connectivity index (χ4n) is 4.26. The van der Waals surface area contributed by atoms with Crippen molar-refractivity contribution in [3.8, 4) is 0 Å². The second-order valence-corrected chi connectivity index (χ2v) is 6.19. The Balaban J connectivity index is 1.83. The smallest absolute Gasteiger partial charge is 0.159 e. The number of carbonyl (C=O) groups excluding carboxylic acids is 1. The molecule has 0 spiro atoms. The Morgan fingerprint density at radius 1 is 1.25 bits per heavy atom. The third-order valence-corrected chi connectivity index (χ3v) is 5.20. The summed E-state index contributed by atoms with van der Waals surface area (Å²) in [5, 5.41) is 0. The van der Waals surface area contributed by atoms with E-state index >= 15 is 0 Å². The minimum atomic E-state index is 0.0722. The van der Waals surface area contributed by atoms with Gasteiger partial charge in [-0.2, -0.15) is 0 Å². The quantitative estimate of drug-likeness (QED) is 0.767. The molecule has 1 fully saturated rings. The molecule has 2 bridgehead atoms. The molecular formula is C18H18O2. The number of allylic oxidation sites excluding steroid dienone is 3. The number of hydrogen-bond donors (Lipinski definition) is 0. The van der Waals surface area contributed by atoms with Crippen molar-refractivity contribution in [1.82, 2.24) is 0 Å². The van der Waals surface area contributed by atoms with Gasteiger partial charge in [-0.05, 0) is 37.8 Å². The summed E-state index contributed by atoms with van der Waals surface area (Å²) in [6.07, 6.45) is 5.55. The lowest BCUT2D eigenvalue weighted by Gasteiger charge is -2.29.